The lowest BCUT2D eigenvalue weighted by Crippen LogP contribution is -2.49. The van der Waals surface area contributed by atoms with Crippen molar-refractivity contribution in [2.24, 2.45) is 0 Å². The van der Waals surface area contributed by atoms with Crippen molar-refractivity contribution < 1.29 is 17.9 Å². The maximum absolute atomic E-state index is 12.3. The summed E-state index contributed by atoms with van der Waals surface area (Å²) in [4.78, 5) is 11.7. The smallest absolute Gasteiger partial charge is 0.246 e. The summed E-state index contributed by atoms with van der Waals surface area (Å²) >= 11 is 0. The van der Waals surface area contributed by atoms with E-state index in [0.29, 0.717) is 18.7 Å². The van der Waals surface area contributed by atoms with Crippen LogP contribution >= 0.6 is 0 Å². The largest absolute Gasteiger partial charge is 0.373 e. The van der Waals surface area contributed by atoms with Gasteiger partial charge < -0.3 is 10.1 Å². The first-order valence-corrected chi connectivity index (χ1v) is 8.95. The van der Waals surface area contributed by atoms with Gasteiger partial charge in [0.2, 0.25) is 15.9 Å². The van der Waals surface area contributed by atoms with Crippen LogP contribution < -0.4 is 5.32 Å². The molecule has 0 radical (unpaired) electrons. The highest BCUT2D eigenvalue weighted by Crippen LogP contribution is 2.14. The fraction of sp³-hybridized carbons (Fsp3) is 0.786. The van der Waals surface area contributed by atoms with Crippen LogP contribution in [-0.4, -0.2) is 56.2 Å². The molecule has 1 saturated heterocycles. The van der Waals surface area contributed by atoms with Crippen molar-refractivity contribution in [2.75, 3.05) is 25.4 Å². The molecule has 0 saturated carbocycles. The predicted octanol–water partition coefficient (Wildman–Crippen LogP) is 0.898. The van der Waals surface area contributed by atoms with E-state index in [4.69, 9.17) is 4.74 Å². The molecule has 122 valence electrons. The van der Waals surface area contributed by atoms with Crippen molar-refractivity contribution in [3.63, 3.8) is 0 Å². The zero-order chi connectivity index (χ0) is 16.0. The minimum absolute atomic E-state index is 0.0857. The molecule has 1 amide bonds. The number of hydrogen-bond donors (Lipinski definition) is 1. The summed E-state index contributed by atoms with van der Waals surface area (Å²) in [6.07, 6.45) is 2.39. The van der Waals surface area contributed by atoms with Crippen LogP contribution in [0.5, 0.6) is 0 Å². The Morgan fingerprint density at radius 1 is 1.33 bits per heavy atom. The Morgan fingerprint density at radius 2 is 1.90 bits per heavy atom. The number of carbonyl (C=O) groups is 1. The summed E-state index contributed by atoms with van der Waals surface area (Å²) in [5.74, 6) is -0.298. The third kappa shape index (κ3) is 5.76. The fourth-order valence-electron chi connectivity index (χ4n) is 2.32. The summed E-state index contributed by atoms with van der Waals surface area (Å²) in [6, 6.07) is 0. The summed E-state index contributed by atoms with van der Waals surface area (Å²) in [5.41, 5.74) is 0.614. The van der Waals surface area contributed by atoms with E-state index in [9.17, 15) is 13.2 Å². The Balaban J connectivity index is 2.50. The van der Waals surface area contributed by atoms with Crippen LogP contribution in [0.3, 0.4) is 0 Å². The molecule has 7 heteroatoms. The van der Waals surface area contributed by atoms with E-state index in [-0.39, 0.29) is 30.4 Å². The topological polar surface area (TPSA) is 75.7 Å². The van der Waals surface area contributed by atoms with E-state index in [0.717, 1.165) is 6.42 Å². The molecular weight excluding hydrogens is 292 g/mol. The number of carbonyl (C=O) groups excluding carboxylic acids is 1. The molecule has 2 atom stereocenters. The highest BCUT2D eigenvalue weighted by Gasteiger charge is 2.30. The Hall–Kier alpha value is -0.920. The van der Waals surface area contributed by atoms with E-state index in [2.05, 4.69) is 5.32 Å². The molecule has 1 fully saturated rings. The normalized spacial score (nSPS) is 24.9. The summed E-state index contributed by atoms with van der Waals surface area (Å²) < 4.78 is 31.5. The molecule has 0 unspecified atom stereocenters. The second-order valence-electron chi connectivity index (χ2n) is 5.44. The average Bonchev–Trinajstić information content (AvgIpc) is 2.37. The first-order chi connectivity index (χ1) is 9.76. The van der Waals surface area contributed by atoms with Gasteiger partial charge >= 0.3 is 0 Å². The van der Waals surface area contributed by atoms with Gasteiger partial charge in [0.15, 0.2) is 0 Å². The van der Waals surface area contributed by atoms with E-state index in [1.807, 2.05) is 26.8 Å². The molecule has 0 aromatic rings. The highest BCUT2D eigenvalue weighted by atomic mass is 32.2. The second kappa shape index (κ2) is 7.91. The molecule has 0 aromatic carbocycles. The Bertz CT molecular complexity index is 477. The lowest BCUT2D eigenvalue weighted by atomic mass is 10.2. The maximum Gasteiger partial charge on any atom is 0.246 e. The molecular formula is C14H26N2O4S. The third-order valence-corrected chi connectivity index (χ3v) is 5.10. The number of amides is 1. The zero-order valence-corrected chi connectivity index (χ0v) is 14.1. The van der Waals surface area contributed by atoms with Crippen molar-refractivity contribution in [3.05, 3.63) is 11.6 Å². The quantitative estimate of drug-likeness (QED) is 0.738. The van der Waals surface area contributed by atoms with Crippen molar-refractivity contribution in [2.45, 2.75) is 46.3 Å². The van der Waals surface area contributed by atoms with Crippen LogP contribution in [0.15, 0.2) is 11.6 Å². The Morgan fingerprint density at radius 3 is 2.43 bits per heavy atom. The number of sulfonamides is 1. The molecule has 0 spiro atoms. The lowest BCUT2D eigenvalue weighted by molar-refractivity contribution is -0.117. The van der Waals surface area contributed by atoms with Crippen LogP contribution in [0.25, 0.3) is 0 Å². The molecule has 6 nitrogen and oxygen atoms in total. The van der Waals surface area contributed by atoms with Gasteiger partial charge in [0.05, 0.1) is 18.0 Å². The minimum atomic E-state index is -3.36. The van der Waals surface area contributed by atoms with Gasteiger partial charge in [0.25, 0.3) is 0 Å². The second-order valence-corrected chi connectivity index (χ2v) is 7.53. The molecule has 1 heterocycles. The standard InChI is InChI=1S/C14H26N2O4S/c1-5-6-11(2)14(17)15-7-8-21(18,19)16-9-12(3)20-13(4)10-16/h6,12-13H,5,7-10H2,1-4H3,(H,15,17)/b11-6-/t12-,13-/m0/s1. The van der Waals surface area contributed by atoms with Crippen LogP contribution in [-0.2, 0) is 19.6 Å². The highest BCUT2D eigenvalue weighted by molar-refractivity contribution is 7.89. The van der Waals surface area contributed by atoms with Crippen molar-refractivity contribution >= 4 is 15.9 Å². The summed E-state index contributed by atoms with van der Waals surface area (Å²) in [6.45, 7) is 8.25. The number of ether oxygens (including phenoxy) is 1. The van der Waals surface area contributed by atoms with Gasteiger partial charge in [-0.05, 0) is 27.2 Å². The maximum atomic E-state index is 12.3. The number of morpholine rings is 1. The first kappa shape index (κ1) is 18.1. The minimum Gasteiger partial charge on any atom is -0.373 e. The first-order valence-electron chi connectivity index (χ1n) is 7.34. The van der Waals surface area contributed by atoms with Crippen LogP contribution in [0.1, 0.15) is 34.1 Å². The van der Waals surface area contributed by atoms with Crippen LogP contribution in [0.4, 0.5) is 0 Å². The molecule has 0 aromatic heterocycles. The Kier molecular flexibility index (Phi) is 6.83. The van der Waals surface area contributed by atoms with Gasteiger partial charge in [-0.15, -0.1) is 0 Å². The van der Waals surface area contributed by atoms with E-state index in [1.165, 1.54) is 4.31 Å². The molecule has 1 aliphatic rings. The van der Waals surface area contributed by atoms with Gasteiger partial charge in [-0.3, -0.25) is 4.79 Å². The summed E-state index contributed by atoms with van der Waals surface area (Å²) in [7, 11) is -3.36. The predicted molar refractivity (Wildman–Crippen MR) is 82.4 cm³/mol. The van der Waals surface area contributed by atoms with Gasteiger partial charge in [0, 0.05) is 25.2 Å². The molecule has 21 heavy (non-hydrogen) atoms. The van der Waals surface area contributed by atoms with E-state index >= 15 is 0 Å². The van der Waals surface area contributed by atoms with E-state index in [1.54, 1.807) is 6.92 Å². The molecule has 1 rings (SSSR count). The number of nitrogens with one attached hydrogen (secondary N) is 1. The number of allylic oxidation sites excluding steroid dienone is 1. The SMILES string of the molecule is CC/C=C(/C)C(=O)NCCS(=O)(=O)N1C[C@H](C)O[C@@H](C)C1. The number of hydrogen-bond acceptors (Lipinski definition) is 4. The van der Waals surface area contributed by atoms with Crippen molar-refractivity contribution in [1.29, 1.82) is 0 Å². The number of rotatable bonds is 6. The number of nitrogens with zero attached hydrogens (tertiary/aromatic N) is 1. The molecule has 1 aliphatic heterocycles. The third-order valence-electron chi connectivity index (χ3n) is 3.29. The fourth-order valence-corrected chi connectivity index (χ4v) is 3.81. The van der Waals surface area contributed by atoms with Gasteiger partial charge in [-0.25, -0.2) is 8.42 Å². The molecule has 0 aliphatic carbocycles. The monoisotopic (exact) mass is 318 g/mol. The molecule has 0 bridgehead atoms. The Labute approximate surface area is 127 Å². The van der Waals surface area contributed by atoms with Gasteiger partial charge in [-0.1, -0.05) is 13.0 Å². The van der Waals surface area contributed by atoms with Crippen LogP contribution in [0, 0.1) is 0 Å². The zero-order valence-electron chi connectivity index (χ0n) is 13.3. The summed E-state index contributed by atoms with van der Waals surface area (Å²) in [5, 5.41) is 2.64. The lowest BCUT2D eigenvalue weighted by Gasteiger charge is -2.34. The molecule has 1 N–H and O–H groups in total. The van der Waals surface area contributed by atoms with E-state index < -0.39 is 10.0 Å². The van der Waals surface area contributed by atoms with Gasteiger partial charge in [-0.2, -0.15) is 4.31 Å². The van der Waals surface area contributed by atoms with Crippen molar-refractivity contribution in [1.82, 2.24) is 9.62 Å². The average molecular weight is 318 g/mol. The van der Waals surface area contributed by atoms with Crippen molar-refractivity contribution in [3.8, 4) is 0 Å². The van der Waals surface area contributed by atoms with Crippen LogP contribution in [0.2, 0.25) is 0 Å². The van der Waals surface area contributed by atoms with Gasteiger partial charge in [0.1, 0.15) is 0 Å².